The van der Waals surface area contributed by atoms with E-state index in [-0.39, 0.29) is 22.8 Å². The van der Waals surface area contributed by atoms with Gasteiger partial charge in [0.2, 0.25) is 15.9 Å². The van der Waals surface area contributed by atoms with E-state index >= 15 is 0 Å². The highest BCUT2D eigenvalue weighted by Crippen LogP contribution is 2.29. The molecule has 0 bridgehead atoms. The number of carbonyl (C=O) groups excluding carboxylic acids is 1. The summed E-state index contributed by atoms with van der Waals surface area (Å²) in [5, 5.41) is 0. The van der Waals surface area contributed by atoms with Gasteiger partial charge in [-0.25, -0.2) is 21.1 Å². The Morgan fingerprint density at radius 1 is 1.11 bits per heavy atom. The monoisotopic (exact) mass is 408 g/mol. The molecule has 7 nitrogen and oxygen atoms in total. The maximum Gasteiger partial charge on any atom is 0.262 e. The van der Waals surface area contributed by atoms with Crippen LogP contribution in [0.3, 0.4) is 0 Å². The van der Waals surface area contributed by atoms with Crippen LogP contribution in [0.4, 0.5) is 11.4 Å². The largest absolute Gasteiger partial charge is 0.280 e. The molecule has 0 radical (unpaired) electrons. The van der Waals surface area contributed by atoms with Crippen LogP contribution in [-0.4, -0.2) is 28.5 Å². The van der Waals surface area contributed by atoms with Crippen molar-refractivity contribution in [3.63, 3.8) is 0 Å². The number of benzene rings is 2. The number of sulfonamides is 2. The predicted octanol–water partition coefficient (Wildman–Crippen LogP) is 2.42. The third kappa shape index (κ3) is 3.84. The van der Waals surface area contributed by atoms with Crippen molar-refractivity contribution in [1.82, 2.24) is 0 Å². The molecular formula is C18H20N2O5S2. The Labute approximate surface area is 159 Å². The van der Waals surface area contributed by atoms with E-state index in [2.05, 4.69) is 4.72 Å². The summed E-state index contributed by atoms with van der Waals surface area (Å²) >= 11 is 0. The van der Waals surface area contributed by atoms with Crippen molar-refractivity contribution in [2.24, 2.45) is 0 Å². The van der Waals surface area contributed by atoms with E-state index in [0.717, 1.165) is 16.3 Å². The van der Waals surface area contributed by atoms with Gasteiger partial charge in [-0.05, 0) is 54.8 Å². The first-order valence-electron chi connectivity index (χ1n) is 8.42. The number of amides is 1. The highest BCUT2D eigenvalue weighted by Gasteiger charge is 2.36. The van der Waals surface area contributed by atoms with Crippen LogP contribution in [0.1, 0.15) is 24.5 Å². The van der Waals surface area contributed by atoms with E-state index < -0.39 is 26.0 Å². The molecule has 2 aromatic carbocycles. The molecule has 0 unspecified atom stereocenters. The van der Waals surface area contributed by atoms with Crippen LogP contribution < -0.4 is 9.03 Å². The molecule has 0 aliphatic carbocycles. The number of hydrogen-bond donors (Lipinski definition) is 1. The molecule has 27 heavy (non-hydrogen) atoms. The van der Waals surface area contributed by atoms with Crippen molar-refractivity contribution in [3.05, 3.63) is 53.6 Å². The fraction of sp³-hybridized carbons (Fsp3) is 0.278. The van der Waals surface area contributed by atoms with Crippen LogP contribution in [0.5, 0.6) is 0 Å². The van der Waals surface area contributed by atoms with Crippen LogP contribution in [0, 0.1) is 6.92 Å². The van der Waals surface area contributed by atoms with Crippen LogP contribution in [0.15, 0.2) is 47.4 Å². The lowest BCUT2D eigenvalue weighted by molar-refractivity contribution is -0.116. The van der Waals surface area contributed by atoms with Gasteiger partial charge < -0.3 is 0 Å². The highest BCUT2D eigenvalue weighted by atomic mass is 32.2. The smallest absolute Gasteiger partial charge is 0.262 e. The second-order valence-corrected chi connectivity index (χ2v) is 9.92. The number of nitrogens with zero attached hydrogens (tertiary/aromatic N) is 1. The standard InChI is InChI=1S/C18H20N2O5S2/c1-3-14-4-6-15(7-5-14)19-27(24,25)17-9-8-16(12-13(17)2)20-18(21)10-11-26(20,22)23/h4-9,12,19H,3,10-11H2,1-2H3. The zero-order chi connectivity index (χ0) is 19.8. The minimum atomic E-state index is -3.85. The molecule has 1 amide bonds. The molecule has 1 aliphatic rings. The zero-order valence-corrected chi connectivity index (χ0v) is 16.6. The van der Waals surface area contributed by atoms with Crippen molar-refractivity contribution in [2.45, 2.75) is 31.6 Å². The molecule has 1 aliphatic heterocycles. The normalized spacial score (nSPS) is 16.5. The molecule has 1 N–H and O–H groups in total. The lowest BCUT2D eigenvalue weighted by Crippen LogP contribution is -2.29. The molecule has 0 saturated carbocycles. The van der Waals surface area contributed by atoms with E-state index in [4.69, 9.17) is 0 Å². The van der Waals surface area contributed by atoms with Crippen molar-refractivity contribution in [2.75, 3.05) is 14.8 Å². The van der Waals surface area contributed by atoms with E-state index in [1.54, 1.807) is 19.1 Å². The van der Waals surface area contributed by atoms with Crippen LogP contribution in [0.25, 0.3) is 0 Å². The maximum atomic E-state index is 12.7. The van der Waals surface area contributed by atoms with Gasteiger partial charge in [0.25, 0.3) is 10.0 Å². The van der Waals surface area contributed by atoms with Crippen LogP contribution in [-0.2, 0) is 31.3 Å². The van der Waals surface area contributed by atoms with Gasteiger partial charge in [-0.15, -0.1) is 0 Å². The average Bonchev–Trinajstić information content (AvgIpc) is 2.87. The van der Waals surface area contributed by atoms with Crippen molar-refractivity contribution in [1.29, 1.82) is 0 Å². The molecule has 144 valence electrons. The fourth-order valence-corrected chi connectivity index (χ4v) is 5.69. The number of anilines is 2. The molecule has 1 heterocycles. The first-order chi connectivity index (χ1) is 12.6. The first kappa shape index (κ1) is 19.4. The molecule has 3 rings (SSSR count). The third-order valence-corrected chi connectivity index (χ3v) is 7.61. The van der Waals surface area contributed by atoms with Gasteiger partial charge in [0.05, 0.1) is 16.3 Å². The maximum absolute atomic E-state index is 12.7. The molecule has 1 saturated heterocycles. The van der Waals surface area contributed by atoms with Crippen LogP contribution >= 0.6 is 0 Å². The highest BCUT2D eigenvalue weighted by molar-refractivity contribution is 7.94. The van der Waals surface area contributed by atoms with Crippen LogP contribution in [0.2, 0.25) is 0 Å². The van der Waals surface area contributed by atoms with E-state index in [9.17, 15) is 21.6 Å². The van der Waals surface area contributed by atoms with Gasteiger partial charge in [-0.1, -0.05) is 19.1 Å². The molecule has 9 heteroatoms. The van der Waals surface area contributed by atoms with Gasteiger partial charge in [-0.3, -0.25) is 9.52 Å². The van der Waals surface area contributed by atoms with Crippen molar-refractivity contribution < 1.29 is 21.6 Å². The summed E-state index contributed by atoms with van der Waals surface area (Å²) in [5.74, 6) is -0.751. The predicted molar refractivity (Wildman–Crippen MR) is 104 cm³/mol. The fourth-order valence-electron chi connectivity index (χ4n) is 2.95. The SMILES string of the molecule is CCc1ccc(NS(=O)(=O)c2ccc(N3C(=O)CCS3(=O)=O)cc2C)cc1. The Hall–Kier alpha value is -2.39. The van der Waals surface area contributed by atoms with Gasteiger partial charge in [0, 0.05) is 12.1 Å². The summed E-state index contributed by atoms with van der Waals surface area (Å²) < 4.78 is 52.7. The average molecular weight is 409 g/mol. The van der Waals surface area contributed by atoms with Crippen molar-refractivity contribution in [3.8, 4) is 0 Å². The van der Waals surface area contributed by atoms with E-state index in [0.29, 0.717) is 11.3 Å². The summed E-state index contributed by atoms with van der Waals surface area (Å²) in [4.78, 5) is 11.9. The Kier molecular flexibility index (Phi) is 5.00. The summed E-state index contributed by atoms with van der Waals surface area (Å²) in [5.41, 5.74) is 2.03. The summed E-state index contributed by atoms with van der Waals surface area (Å²) in [7, 11) is -7.54. The number of carbonyl (C=O) groups is 1. The molecule has 0 aromatic heterocycles. The van der Waals surface area contributed by atoms with Gasteiger partial charge in [-0.2, -0.15) is 0 Å². The lowest BCUT2D eigenvalue weighted by atomic mass is 10.2. The van der Waals surface area contributed by atoms with Gasteiger partial charge in [0.1, 0.15) is 0 Å². The number of hydrogen-bond acceptors (Lipinski definition) is 5. The molecule has 0 spiro atoms. The van der Waals surface area contributed by atoms with Crippen molar-refractivity contribution >= 4 is 37.3 Å². The topological polar surface area (TPSA) is 101 Å². The molecular weight excluding hydrogens is 388 g/mol. The Morgan fingerprint density at radius 3 is 2.30 bits per heavy atom. The molecule has 0 atom stereocenters. The Morgan fingerprint density at radius 2 is 1.78 bits per heavy atom. The number of rotatable bonds is 5. The number of aryl methyl sites for hydroxylation is 2. The quantitative estimate of drug-likeness (QED) is 0.819. The zero-order valence-electron chi connectivity index (χ0n) is 15.0. The minimum Gasteiger partial charge on any atom is -0.280 e. The lowest BCUT2D eigenvalue weighted by Gasteiger charge is -2.17. The Bertz CT molecular complexity index is 1090. The third-order valence-electron chi connectivity index (χ3n) is 4.38. The first-order valence-corrected chi connectivity index (χ1v) is 11.5. The van der Waals surface area contributed by atoms with Gasteiger partial charge in [0.15, 0.2) is 0 Å². The second kappa shape index (κ2) is 6.97. The Balaban J connectivity index is 1.91. The minimum absolute atomic E-state index is 0.0230. The number of nitrogens with one attached hydrogen (secondary N) is 1. The van der Waals surface area contributed by atoms with E-state index in [1.807, 2.05) is 19.1 Å². The van der Waals surface area contributed by atoms with Gasteiger partial charge >= 0.3 is 0 Å². The summed E-state index contributed by atoms with van der Waals surface area (Å²) in [6, 6.07) is 11.1. The summed E-state index contributed by atoms with van der Waals surface area (Å²) in [6.45, 7) is 3.57. The second-order valence-electron chi connectivity index (χ2n) is 6.33. The molecule has 2 aromatic rings. The van der Waals surface area contributed by atoms with E-state index in [1.165, 1.54) is 18.2 Å². The molecule has 1 fully saturated rings. The summed E-state index contributed by atoms with van der Waals surface area (Å²) in [6.07, 6.45) is 0.780.